The van der Waals surface area contributed by atoms with E-state index in [1.807, 2.05) is 0 Å². The van der Waals surface area contributed by atoms with Crippen LogP contribution in [0.3, 0.4) is 0 Å². The molecule has 436 valence electrons. The standard InChI is InChI=1S/C16H24N3O7P.C13H10N3O5.C10H21N2O6P.C6H5N3O4/c1-16(2,3)26-15(21)19-9-12(7-13(19)10-25-27(22,23)24)18-6-4-5-11(8-18)14(17)20;1-9(17)10-3-2-6-14(8-10)12-5-4-11(15(18)19)7-13(12)16(20)21;1-10(2,3)18-9(13)12-5-7(11)4-8(12)6-17-19(14,15)16;7-5-2-1-4(8(10)11)3-6(5)9(12)13/h4-6,8,12-13H,7,9-10H2,1-3H3,(H3-,17,20,22,23,24);2-8H,1H3;7-8H,4-6,11H2,1-3H3,(H2,14,15,16);1-3H,7H2/q;+1;;/t12?,13-;;7?,8-;/m0.0./s1. The fourth-order valence-electron chi connectivity index (χ4n) is 7.32. The molecule has 9 N–H and O–H groups in total. The Kier molecular flexibility index (Phi) is 23.0. The highest BCUT2D eigenvalue weighted by molar-refractivity contribution is 7.46. The van der Waals surface area contributed by atoms with Gasteiger partial charge in [-0.3, -0.25) is 64.0 Å². The Balaban J connectivity index is 0.000000288. The number of hydrogen-bond donors (Lipinski definition) is 6. The van der Waals surface area contributed by atoms with Gasteiger partial charge in [-0.05, 0) is 73.1 Å². The molecule has 2 fully saturated rings. The number of amides is 3. The molecular weight excluding hydrogens is 1110 g/mol. The lowest BCUT2D eigenvalue weighted by atomic mass is 10.1. The second kappa shape index (κ2) is 27.7. The Morgan fingerprint density at radius 2 is 1.19 bits per heavy atom. The molecule has 0 spiro atoms. The number of nitrogens with two attached hydrogens (primary N) is 3. The van der Waals surface area contributed by atoms with E-state index in [0.29, 0.717) is 24.0 Å². The minimum atomic E-state index is -4.93. The van der Waals surface area contributed by atoms with E-state index < -0.39 is 94.7 Å². The van der Waals surface area contributed by atoms with Gasteiger partial charge in [0, 0.05) is 49.3 Å². The number of Topliss-reactive ketones (excluding diaryl/α,β-unsaturated/α-hetero) is 1. The van der Waals surface area contributed by atoms with Crippen molar-refractivity contribution >= 4 is 68.0 Å². The second-order valence-electron chi connectivity index (χ2n) is 19.4. The summed E-state index contributed by atoms with van der Waals surface area (Å²) in [5.41, 5.74) is 14.1. The number of ketones is 1. The number of phosphoric acid groups is 2. The van der Waals surface area contributed by atoms with Crippen molar-refractivity contribution < 1.29 is 95.2 Å². The third-order valence-corrected chi connectivity index (χ3v) is 11.7. The van der Waals surface area contributed by atoms with Crippen molar-refractivity contribution in [2.45, 2.75) is 96.7 Å². The topological polar surface area (TPSA) is 488 Å². The zero-order chi connectivity index (χ0) is 60.8. The van der Waals surface area contributed by atoms with Crippen LogP contribution < -0.4 is 31.2 Å². The number of pyridine rings is 2. The van der Waals surface area contributed by atoms with Crippen LogP contribution in [0, 0.1) is 40.5 Å². The summed E-state index contributed by atoms with van der Waals surface area (Å²) in [6.45, 7) is 11.6. The molecule has 6 rings (SSSR count). The van der Waals surface area contributed by atoms with Crippen LogP contribution in [0.5, 0.6) is 0 Å². The molecule has 0 saturated carbocycles. The van der Waals surface area contributed by atoms with E-state index in [0.717, 1.165) is 24.3 Å². The van der Waals surface area contributed by atoms with Gasteiger partial charge in [0.15, 0.2) is 36.6 Å². The Hall–Kier alpha value is -8.00. The number of likely N-dealkylation sites (tertiary alicyclic amines) is 2. The first-order valence-corrected chi connectivity index (χ1v) is 26.4. The molecule has 5 atom stereocenters. The molecule has 33 nitrogen and oxygen atoms in total. The van der Waals surface area contributed by atoms with Crippen LogP contribution in [0.15, 0.2) is 85.5 Å². The van der Waals surface area contributed by atoms with E-state index in [4.69, 9.17) is 41.4 Å². The zero-order valence-electron chi connectivity index (χ0n) is 43.9. The molecule has 0 bridgehead atoms. The van der Waals surface area contributed by atoms with Crippen molar-refractivity contribution in [3.63, 3.8) is 0 Å². The van der Waals surface area contributed by atoms with Crippen LogP contribution in [0.2, 0.25) is 0 Å². The number of carbonyl (C=O) groups is 4. The average Bonchev–Trinajstić information content (AvgIpc) is 3.95. The Labute approximate surface area is 454 Å². The van der Waals surface area contributed by atoms with Gasteiger partial charge in [-0.2, -0.15) is 9.13 Å². The van der Waals surface area contributed by atoms with Gasteiger partial charge in [0.1, 0.15) is 28.5 Å². The quantitative estimate of drug-likeness (QED) is 0.0262. The second-order valence-corrected chi connectivity index (χ2v) is 21.8. The molecule has 35 heteroatoms. The number of hydrogen-bond acceptors (Lipinski definition) is 21. The number of rotatable bonds is 14. The fourth-order valence-corrected chi connectivity index (χ4v) is 8.05. The van der Waals surface area contributed by atoms with Gasteiger partial charge in [-0.25, -0.2) is 14.2 Å². The van der Waals surface area contributed by atoms with E-state index in [1.54, 1.807) is 82.8 Å². The largest absolute Gasteiger partial charge is 0.756 e. The van der Waals surface area contributed by atoms with Crippen LogP contribution >= 0.6 is 15.6 Å². The van der Waals surface area contributed by atoms with Gasteiger partial charge in [-0.15, -0.1) is 0 Å². The smallest absolute Gasteiger partial charge is 0.469 e. The number of nitro benzene ring substituents is 4. The minimum absolute atomic E-state index is 0.0874. The van der Waals surface area contributed by atoms with Gasteiger partial charge in [-0.1, -0.05) is 0 Å². The number of anilines is 1. The molecule has 3 amide bonds. The number of nitrogens with zero attached hydrogens (tertiary/aromatic N) is 8. The summed E-state index contributed by atoms with van der Waals surface area (Å²) in [4.78, 5) is 126. The first-order chi connectivity index (χ1) is 36.7. The highest BCUT2D eigenvalue weighted by Gasteiger charge is 2.43. The lowest BCUT2D eigenvalue weighted by Crippen LogP contribution is -2.44. The summed E-state index contributed by atoms with van der Waals surface area (Å²) in [5.74, 6) is -0.771. The van der Waals surface area contributed by atoms with Crippen molar-refractivity contribution in [1.82, 2.24) is 9.80 Å². The summed E-state index contributed by atoms with van der Waals surface area (Å²) in [7, 11) is -9.48. The maximum atomic E-state index is 12.5. The molecule has 2 aliphatic heterocycles. The third kappa shape index (κ3) is 21.7. The van der Waals surface area contributed by atoms with Crippen LogP contribution in [0.25, 0.3) is 5.69 Å². The highest BCUT2D eigenvalue weighted by atomic mass is 31.2. The summed E-state index contributed by atoms with van der Waals surface area (Å²) >= 11 is 0. The van der Waals surface area contributed by atoms with Crippen molar-refractivity contribution in [2.24, 2.45) is 11.5 Å². The summed E-state index contributed by atoms with van der Waals surface area (Å²) < 4.78 is 44.2. The zero-order valence-corrected chi connectivity index (χ0v) is 45.7. The van der Waals surface area contributed by atoms with Crippen LogP contribution in [-0.2, 0) is 27.7 Å². The van der Waals surface area contributed by atoms with Crippen molar-refractivity contribution in [1.29, 1.82) is 0 Å². The average molecular weight is 1170 g/mol. The molecule has 4 aromatic rings. The van der Waals surface area contributed by atoms with E-state index in [9.17, 15) is 73.7 Å². The maximum absolute atomic E-state index is 12.5. The number of nitro groups is 4. The van der Waals surface area contributed by atoms with E-state index in [-0.39, 0.29) is 60.3 Å². The number of carbonyl (C=O) groups excluding carboxylic acids is 4. The third-order valence-electron chi connectivity index (χ3n) is 10.8. The van der Waals surface area contributed by atoms with Crippen LogP contribution in [0.1, 0.15) is 88.1 Å². The molecule has 0 aliphatic carbocycles. The number of benzene rings is 2. The fraction of sp³-hybridized carbons (Fsp3) is 0.422. The summed E-state index contributed by atoms with van der Waals surface area (Å²) in [5, 5.41) is 42.3. The van der Waals surface area contributed by atoms with E-state index in [1.165, 1.54) is 45.8 Å². The number of nitrogen functional groups attached to an aromatic ring is 1. The normalized spacial score (nSPS) is 17.6. The molecule has 4 heterocycles. The van der Waals surface area contributed by atoms with Gasteiger partial charge in [0.25, 0.3) is 36.5 Å². The molecule has 3 unspecified atom stereocenters. The molecule has 2 aliphatic rings. The van der Waals surface area contributed by atoms with Crippen molar-refractivity contribution in [3.8, 4) is 5.69 Å². The molecular formula is C45H60N11O22P2+. The lowest BCUT2D eigenvalue weighted by molar-refractivity contribution is -0.719. The first kappa shape index (κ1) is 66.3. The SMILES string of the molecule is CC(=O)c1ccc[n+](-c2ccc([N+](=O)[O-])cc2[N+](=O)[O-])c1.CC(C)(C)OC(=O)N1CC(N)C[C@H]1COP(=O)(O)O.CC(C)(C)OC(=O)N1CC([n+]2cccc(C(N)=O)c2)C[C@H]1COP(=O)([O-])O.Nc1ccc([N+](=O)[O-])cc1[N+](=O)[O-]. The number of aromatic nitrogens is 2. The van der Waals surface area contributed by atoms with Crippen molar-refractivity contribution in [2.75, 3.05) is 32.0 Å². The van der Waals surface area contributed by atoms with Crippen molar-refractivity contribution in [3.05, 3.63) is 137 Å². The van der Waals surface area contributed by atoms with E-state index >= 15 is 0 Å². The predicted octanol–water partition coefficient (Wildman–Crippen LogP) is 3.60. The predicted molar refractivity (Wildman–Crippen MR) is 274 cm³/mol. The van der Waals surface area contributed by atoms with Crippen LogP contribution in [0.4, 0.5) is 38.0 Å². The Bertz CT molecular complexity index is 3050. The lowest BCUT2D eigenvalue weighted by Gasteiger charge is -2.28. The molecule has 2 aromatic carbocycles. The number of phosphoric ester groups is 2. The number of non-ortho nitro benzene ring substituents is 2. The Morgan fingerprint density at radius 3 is 1.68 bits per heavy atom. The molecule has 2 saturated heterocycles. The molecule has 2 aromatic heterocycles. The van der Waals surface area contributed by atoms with Gasteiger partial charge in [0.05, 0.1) is 63.2 Å². The number of ether oxygens (including phenoxy) is 2. The van der Waals surface area contributed by atoms with Gasteiger partial charge < -0.3 is 55.7 Å². The maximum Gasteiger partial charge on any atom is 0.469 e. The Morgan fingerprint density at radius 1 is 0.700 bits per heavy atom. The van der Waals surface area contributed by atoms with E-state index in [2.05, 4.69) is 9.05 Å². The summed E-state index contributed by atoms with van der Waals surface area (Å²) in [6.07, 6.45) is 5.83. The minimum Gasteiger partial charge on any atom is -0.756 e. The monoisotopic (exact) mass is 1170 g/mol. The molecule has 80 heavy (non-hydrogen) atoms. The molecule has 0 radical (unpaired) electrons. The van der Waals surface area contributed by atoms with Gasteiger partial charge >= 0.3 is 25.7 Å². The summed E-state index contributed by atoms with van der Waals surface area (Å²) in [6, 6.07) is 11.2. The first-order valence-electron chi connectivity index (χ1n) is 23.3. The number of primary amides is 1. The van der Waals surface area contributed by atoms with Gasteiger partial charge in [0.2, 0.25) is 0 Å². The highest BCUT2D eigenvalue weighted by Crippen LogP contribution is 2.37. The van der Waals surface area contributed by atoms with Crippen LogP contribution in [-0.4, -0.2) is 124 Å².